The van der Waals surface area contributed by atoms with Gasteiger partial charge in [-0.2, -0.15) is 14.6 Å². The third-order valence-electron chi connectivity index (χ3n) is 2.31. The molecule has 0 bridgehead atoms. The Labute approximate surface area is 103 Å². The monoisotopic (exact) mass is 242 g/mol. The van der Waals surface area contributed by atoms with Crippen LogP contribution in [0.3, 0.4) is 0 Å². The van der Waals surface area contributed by atoms with Crippen LogP contribution >= 0.6 is 11.8 Å². The smallest absolute Gasteiger partial charge is 0.216 e. The molecule has 84 valence electrons. The van der Waals surface area contributed by atoms with E-state index in [1.165, 1.54) is 11.2 Å². The molecule has 2 heterocycles. The highest BCUT2D eigenvalue weighted by molar-refractivity contribution is 7.99. The van der Waals surface area contributed by atoms with Crippen molar-refractivity contribution in [3.8, 4) is 0 Å². The first-order valence-corrected chi connectivity index (χ1v) is 6.05. The molecular weight excluding hydrogens is 232 g/mol. The summed E-state index contributed by atoms with van der Waals surface area (Å²) < 4.78 is 1.75. The van der Waals surface area contributed by atoms with Gasteiger partial charge in [0, 0.05) is 10.6 Å². The van der Waals surface area contributed by atoms with Crippen molar-refractivity contribution in [2.45, 2.75) is 16.8 Å². The molecule has 4 nitrogen and oxygen atoms in total. The third-order valence-corrected chi connectivity index (χ3v) is 3.32. The Kier molecular flexibility index (Phi) is 2.53. The molecule has 0 aliphatic rings. The van der Waals surface area contributed by atoms with E-state index in [1.807, 2.05) is 31.2 Å². The zero-order valence-electron chi connectivity index (χ0n) is 9.24. The summed E-state index contributed by atoms with van der Waals surface area (Å²) in [6, 6.07) is 12.2. The summed E-state index contributed by atoms with van der Waals surface area (Å²) in [5.74, 6) is 0.642. The standard InChI is InChI=1S/C12H10N4S/c1-9-7-11(16-12(15-9)13-8-14-16)17-10-5-3-2-4-6-10/h2-8H,1H3. The summed E-state index contributed by atoms with van der Waals surface area (Å²) in [4.78, 5) is 9.60. The number of hydrogen-bond donors (Lipinski definition) is 0. The van der Waals surface area contributed by atoms with E-state index >= 15 is 0 Å². The molecule has 0 atom stereocenters. The molecule has 0 aliphatic carbocycles. The minimum atomic E-state index is 0.642. The Hall–Kier alpha value is -1.88. The van der Waals surface area contributed by atoms with Gasteiger partial charge in [0.05, 0.1) is 0 Å². The lowest BCUT2D eigenvalue weighted by atomic mass is 10.4. The quantitative estimate of drug-likeness (QED) is 0.648. The van der Waals surface area contributed by atoms with Crippen LogP contribution in [-0.2, 0) is 0 Å². The van der Waals surface area contributed by atoms with E-state index in [2.05, 4.69) is 27.2 Å². The highest BCUT2D eigenvalue weighted by atomic mass is 32.2. The first-order chi connectivity index (χ1) is 8.33. The average Bonchev–Trinajstić information content (AvgIpc) is 2.78. The van der Waals surface area contributed by atoms with Gasteiger partial charge in [0.2, 0.25) is 0 Å². The molecule has 0 unspecified atom stereocenters. The van der Waals surface area contributed by atoms with Gasteiger partial charge in [-0.3, -0.25) is 0 Å². The molecule has 17 heavy (non-hydrogen) atoms. The summed E-state index contributed by atoms with van der Waals surface area (Å²) in [6.45, 7) is 1.96. The maximum absolute atomic E-state index is 4.31. The Morgan fingerprint density at radius 2 is 2.00 bits per heavy atom. The van der Waals surface area contributed by atoms with Crippen LogP contribution in [0.4, 0.5) is 0 Å². The molecule has 0 radical (unpaired) electrons. The van der Waals surface area contributed by atoms with Gasteiger partial charge in [-0.05, 0) is 25.1 Å². The molecule has 0 amide bonds. The normalized spacial score (nSPS) is 10.9. The molecule has 5 heteroatoms. The molecule has 0 saturated carbocycles. The van der Waals surface area contributed by atoms with Gasteiger partial charge in [0.25, 0.3) is 5.78 Å². The summed E-state index contributed by atoms with van der Waals surface area (Å²) in [5, 5.41) is 5.20. The van der Waals surface area contributed by atoms with Crippen LogP contribution in [-0.4, -0.2) is 19.6 Å². The molecule has 0 saturated heterocycles. The summed E-state index contributed by atoms with van der Waals surface area (Å²) in [5.41, 5.74) is 0.948. The first kappa shape index (κ1) is 10.3. The van der Waals surface area contributed by atoms with Crippen LogP contribution in [0.5, 0.6) is 0 Å². The predicted octanol–water partition coefficient (Wildman–Crippen LogP) is 2.58. The number of aromatic nitrogens is 4. The van der Waals surface area contributed by atoms with Crippen LogP contribution in [0.1, 0.15) is 5.69 Å². The zero-order chi connectivity index (χ0) is 11.7. The average molecular weight is 242 g/mol. The Bertz CT molecular complexity index is 648. The van der Waals surface area contributed by atoms with Gasteiger partial charge < -0.3 is 0 Å². The molecule has 3 rings (SSSR count). The van der Waals surface area contributed by atoms with E-state index in [4.69, 9.17) is 0 Å². The van der Waals surface area contributed by atoms with E-state index in [0.29, 0.717) is 5.78 Å². The van der Waals surface area contributed by atoms with Crippen molar-refractivity contribution in [3.63, 3.8) is 0 Å². The second-order valence-corrected chi connectivity index (χ2v) is 4.72. The van der Waals surface area contributed by atoms with Gasteiger partial charge in [-0.25, -0.2) is 4.98 Å². The maximum Gasteiger partial charge on any atom is 0.253 e. The molecular formula is C12H10N4S. The molecule has 0 aliphatic heterocycles. The number of fused-ring (bicyclic) bond motifs is 1. The van der Waals surface area contributed by atoms with E-state index in [9.17, 15) is 0 Å². The first-order valence-electron chi connectivity index (χ1n) is 5.23. The van der Waals surface area contributed by atoms with Crippen LogP contribution in [0, 0.1) is 6.92 Å². The second kappa shape index (κ2) is 4.18. The number of benzene rings is 1. The third kappa shape index (κ3) is 2.01. The molecule has 0 fully saturated rings. The Balaban J connectivity index is 2.08. The van der Waals surface area contributed by atoms with Crippen LogP contribution in [0.25, 0.3) is 5.78 Å². The van der Waals surface area contributed by atoms with Gasteiger partial charge in [-0.1, -0.05) is 30.0 Å². The summed E-state index contributed by atoms with van der Waals surface area (Å²) >= 11 is 1.66. The van der Waals surface area contributed by atoms with Crippen molar-refractivity contribution >= 4 is 17.5 Å². The number of aryl methyl sites for hydroxylation is 1. The fraction of sp³-hybridized carbons (Fsp3) is 0.0833. The van der Waals surface area contributed by atoms with E-state index in [-0.39, 0.29) is 0 Å². The van der Waals surface area contributed by atoms with Crippen molar-refractivity contribution in [2.75, 3.05) is 0 Å². The molecule has 0 spiro atoms. The van der Waals surface area contributed by atoms with Gasteiger partial charge >= 0.3 is 0 Å². The Morgan fingerprint density at radius 3 is 2.82 bits per heavy atom. The van der Waals surface area contributed by atoms with Crippen molar-refractivity contribution in [2.24, 2.45) is 0 Å². The summed E-state index contributed by atoms with van der Waals surface area (Å²) in [6.07, 6.45) is 1.52. The van der Waals surface area contributed by atoms with Gasteiger partial charge in [0.15, 0.2) is 0 Å². The van der Waals surface area contributed by atoms with Gasteiger partial charge in [-0.15, -0.1) is 0 Å². The molecule has 3 aromatic rings. The lowest BCUT2D eigenvalue weighted by Crippen LogP contribution is -1.96. The lowest BCUT2D eigenvalue weighted by Gasteiger charge is -2.04. The Morgan fingerprint density at radius 1 is 1.18 bits per heavy atom. The van der Waals surface area contributed by atoms with Crippen molar-refractivity contribution in [1.82, 2.24) is 19.6 Å². The van der Waals surface area contributed by atoms with E-state index in [0.717, 1.165) is 10.7 Å². The second-order valence-electron chi connectivity index (χ2n) is 3.62. The van der Waals surface area contributed by atoms with Gasteiger partial charge in [0.1, 0.15) is 11.4 Å². The highest BCUT2D eigenvalue weighted by Gasteiger charge is 2.06. The minimum Gasteiger partial charge on any atom is -0.216 e. The summed E-state index contributed by atoms with van der Waals surface area (Å²) in [7, 11) is 0. The van der Waals surface area contributed by atoms with Crippen molar-refractivity contribution in [1.29, 1.82) is 0 Å². The molecule has 1 aromatic carbocycles. The largest absolute Gasteiger partial charge is 0.253 e. The van der Waals surface area contributed by atoms with Crippen LogP contribution in [0.2, 0.25) is 0 Å². The number of nitrogens with zero attached hydrogens (tertiary/aromatic N) is 4. The topological polar surface area (TPSA) is 43.1 Å². The van der Waals surface area contributed by atoms with Crippen molar-refractivity contribution < 1.29 is 0 Å². The van der Waals surface area contributed by atoms with Crippen molar-refractivity contribution in [3.05, 3.63) is 48.4 Å². The van der Waals surface area contributed by atoms with Crippen LogP contribution < -0.4 is 0 Å². The maximum atomic E-state index is 4.31. The molecule has 2 aromatic heterocycles. The zero-order valence-corrected chi connectivity index (χ0v) is 10.1. The molecule has 0 N–H and O–H groups in total. The van der Waals surface area contributed by atoms with E-state index in [1.54, 1.807) is 16.3 Å². The highest BCUT2D eigenvalue weighted by Crippen LogP contribution is 2.27. The van der Waals surface area contributed by atoms with Crippen LogP contribution in [0.15, 0.2) is 52.6 Å². The number of hydrogen-bond acceptors (Lipinski definition) is 4. The fourth-order valence-electron chi connectivity index (χ4n) is 1.58. The number of rotatable bonds is 2. The SMILES string of the molecule is Cc1cc(Sc2ccccc2)n2ncnc2n1. The fourth-order valence-corrected chi connectivity index (χ4v) is 2.56. The lowest BCUT2D eigenvalue weighted by molar-refractivity contribution is 0.833. The predicted molar refractivity (Wildman–Crippen MR) is 66.1 cm³/mol. The van der Waals surface area contributed by atoms with E-state index < -0.39 is 0 Å². The minimum absolute atomic E-state index is 0.642.